The molecule has 0 aromatic heterocycles. The van der Waals surface area contributed by atoms with Crippen LogP contribution >= 0.6 is 0 Å². The Hall–Kier alpha value is -1.75. The third kappa shape index (κ3) is 4.13. The van der Waals surface area contributed by atoms with Gasteiger partial charge in [0.1, 0.15) is 0 Å². The van der Waals surface area contributed by atoms with Crippen LogP contribution in [-0.4, -0.2) is 35.4 Å². The van der Waals surface area contributed by atoms with Crippen molar-refractivity contribution in [2.24, 2.45) is 5.92 Å². The number of ether oxygens (including phenoxy) is 1. The fourth-order valence-corrected chi connectivity index (χ4v) is 2.27. The van der Waals surface area contributed by atoms with Crippen molar-refractivity contribution in [1.82, 2.24) is 5.32 Å². The van der Waals surface area contributed by atoms with Crippen molar-refractivity contribution in [1.29, 1.82) is 0 Å². The van der Waals surface area contributed by atoms with Gasteiger partial charge < -0.3 is 20.3 Å². The maximum Gasteiger partial charge on any atom is 0.257 e. The maximum atomic E-state index is 11.6. The number of carbonyl (C=O) groups excluding carboxylic acids is 1. The SMILES string of the molecule is O=C(COc1ccccc1O)NCC1CCC(O)C1. The summed E-state index contributed by atoms with van der Waals surface area (Å²) in [5.41, 5.74) is 0. The van der Waals surface area contributed by atoms with Crippen LogP contribution < -0.4 is 10.1 Å². The summed E-state index contributed by atoms with van der Waals surface area (Å²) >= 11 is 0. The van der Waals surface area contributed by atoms with Crippen molar-refractivity contribution in [3.63, 3.8) is 0 Å². The first-order valence-electron chi connectivity index (χ1n) is 6.50. The normalized spacial score (nSPS) is 22.2. The smallest absolute Gasteiger partial charge is 0.257 e. The number of aliphatic hydroxyl groups excluding tert-OH is 1. The largest absolute Gasteiger partial charge is 0.504 e. The molecule has 0 heterocycles. The van der Waals surface area contributed by atoms with E-state index in [9.17, 15) is 15.0 Å². The number of nitrogens with one attached hydrogen (secondary N) is 1. The molecule has 0 aliphatic heterocycles. The number of phenolic OH excluding ortho intramolecular Hbond substituents is 1. The summed E-state index contributed by atoms with van der Waals surface area (Å²) in [5.74, 6) is 0.455. The maximum absolute atomic E-state index is 11.6. The molecule has 1 amide bonds. The second-order valence-corrected chi connectivity index (χ2v) is 4.89. The standard InChI is InChI=1S/C14H19NO4/c16-11-6-5-10(7-11)8-15-14(18)9-19-13-4-2-1-3-12(13)17/h1-4,10-11,16-17H,5-9H2,(H,15,18). The van der Waals surface area contributed by atoms with Gasteiger partial charge >= 0.3 is 0 Å². The van der Waals surface area contributed by atoms with Crippen molar-refractivity contribution in [3.8, 4) is 11.5 Å². The van der Waals surface area contributed by atoms with Gasteiger partial charge in [-0.2, -0.15) is 0 Å². The van der Waals surface area contributed by atoms with E-state index < -0.39 is 0 Å². The average Bonchev–Trinajstić information content (AvgIpc) is 2.81. The molecule has 1 saturated carbocycles. The quantitative estimate of drug-likeness (QED) is 0.743. The van der Waals surface area contributed by atoms with Gasteiger partial charge in [0.15, 0.2) is 18.1 Å². The number of aliphatic hydroxyl groups is 1. The molecular formula is C14H19NO4. The van der Waals surface area contributed by atoms with Crippen LogP contribution in [0.15, 0.2) is 24.3 Å². The van der Waals surface area contributed by atoms with Gasteiger partial charge in [0.25, 0.3) is 5.91 Å². The molecule has 5 nitrogen and oxygen atoms in total. The number of phenols is 1. The minimum absolute atomic E-state index is 0.0224. The summed E-state index contributed by atoms with van der Waals surface area (Å²) in [6.45, 7) is 0.451. The van der Waals surface area contributed by atoms with E-state index in [0.717, 1.165) is 19.3 Å². The van der Waals surface area contributed by atoms with Crippen LogP contribution in [0.25, 0.3) is 0 Å². The molecule has 19 heavy (non-hydrogen) atoms. The van der Waals surface area contributed by atoms with E-state index in [1.54, 1.807) is 18.2 Å². The highest BCUT2D eigenvalue weighted by atomic mass is 16.5. The van der Waals surface area contributed by atoms with Gasteiger partial charge in [0, 0.05) is 6.54 Å². The van der Waals surface area contributed by atoms with Crippen LogP contribution in [0.3, 0.4) is 0 Å². The zero-order valence-electron chi connectivity index (χ0n) is 10.7. The predicted molar refractivity (Wildman–Crippen MR) is 70.0 cm³/mol. The van der Waals surface area contributed by atoms with E-state index in [-0.39, 0.29) is 24.4 Å². The van der Waals surface area contributed by atoms with E-state index in [1.807, 2.05) is 0 Å². The Bertz CT molecular complexity index is 435. The Labute approximate surface area is 112 Å². The molecule has 1 aromatic carbocycles. The summed E-state index contributed by atoms with van der Waals surface area (Å²) in [6.07, 6.45) is 2.29. The predicted octanol–water partition coefficient (Wildman–Crippen LogP) is 1.05. The molecule has 1 fully saturated rings. The average molecular weight is 265 g/mol. The second kappa shape index (κ2) is 6.43. The number of hydrogen-bond donors (Lipinski definition) is 3. The van der Waals surface area contributed by atoms with E-state index in [1.165, 1.54) is 6.07 Å². The molecule has 2 unspecified atom stereocenters. The topological polar surface area (TPSA) is 78.8 Å². The fraction of sp³-hybridized carbons (Fsp3) is 0.500. The zero-order chi connectivity index (χ0) is 13.7. The molecule has 1 aliphatic carbocycles. The second-order valence-electron chi connectivity index (χ2n) is 4.89. The van der Waals surface area contributed by atoms with Crippen molar-refractivity contribution in [3.05, 3.63) is 24.3 Å². The first kappa shape index (κ1) is 13.7. The Balaban J connectivity index is 1.69. The van der Waals surface area contributed by atoms with Crippen molar-refractivity contribution in [2.45, 2.75) is 25.4 Å². The number of aromatic hydroxyl groups is 1. The Morgan fingerprint density at radius 1 is 1.37 bits per heavy atom. The fourth-order valence-electron chi connectivity index (χ4n) is 2.27. The number of benzene rings is 1. The van der Waals surface area contributed by atoms with Crippen molar-refractivity contribution >= 4 is 5.91 Å². The third-order valence-electron chi connectivity index (χ3n) is 3.33. The summed E-state index contributed by atoms with van der Waals surface area (Å²) in [7, 11) is 0. The van der Waals surface area contributed by atoms with E-state index in [2.05, 4.69) is 5.32 Å². The molecule has 1 aromatic rings. The Morgan fingerprint density at radius 3 is 2.84 bits per heavy atom. The lowest BCUT2D eigenvalue weighted by Gasteiger charge is -2.12. The van der Waals surface area contributed by atoms with E-state index in [0.29, 0.717) is 18.2 Å². The molecule has 5 heteroatoms. The molecule has 2 rings (SSSR count). The molecule has 2 atom stereocenters. The summed E-state index contributed by atoms with van der Waals surface area (Å²) in [5, 5.41) is 21.6. The molecule has 0 bridgehead atoms. The van der Waals surface area contributed by atoms with Crippen molar-refractivity contribution < 1.29 is 19.7 Å². The lowest BCUT2D eigenvalue weighted by Crippen LogP contribution is -2.32. The lowest BCUT2D eigenvalue weighted by molar-refractivity contribution is -0.123. The number of para-hydroxylation sites is 2. The number of carbonyl (C=O) groups is 1. The minimum Gasteiger partial charge on any atom is -0.504 e. The van der Waals surface area contributed by atoms with E-state index in [4.69, 9.17) is 4.74 Å². The van der Waals surface area contributed by atoms with Crippen LogP contribution in [0.5, 0.6) is 11.5 Å². The molecular weight excluding hydrogens is 246 g/mol. The van der Waals surface area contributed by atoms with Gasteiger partial charge in [-0.25, -0.2) is 0 Å². The highest BCUT2D eigenvalue weighted by molar-refractivity contribution is 5.77. The van der Waals surface area contributed by atoms with Gasteiger partial charge in [-0.3, -0.25) is 4.79 Å². The molecule has 104 valence electrons. The molecule has 0 spiro atoms. The van der Waals surface area contributed by atoms with E-state index >= 15 is 0 Å². The summed E-state index contributed by atoms with van der Waals surface area (Å²) in [6, 6.07) is 6.53. The minimum atomic E-state index is -0.223. The monoisotopic (exact) mass is 265 g/mol. The zero-order valence-corrected chi connectivity index (χ0v) is 10.7. The Kier molecular flexibility index (Phi) is 4.63. The van der Waals surface area contributed by atoms with Gasteiger partial charge in [-0.1, -0.05) is 12.1 Å². The number of amides is 1. The molecule has 1 aliphatic rings. The first-order chi connectivity index (χ1) is 9.15. The van der Waals surface area contributed by atoms with Gasteiger partial charge in [-0.15, -0.1) is 0 Å². The lowest BCUT2D eigenvalue weighted by atomic mass is 10.1. The number of hydrogen-bond acceptors (Lipinski definition) is 4. The van der Waals surface area contributed by atoms with Gasteiger partial charge in [0.05, 0.1) is 6.10 Å². The Morgan fingerprint density at radius 2 is 2.16 bits per heavy atom. The molecule has 3 N–H and O–H groups in total. The van der Waals surface area contributed by atoms with Crippen molar-refractivity contribution in [2.75, 3.05) is 13.2 Å². The van der Waals surface area contributed by atoms with Crippen LogP contribution in [-0.2, 0) is 4.79 Å². The summed E-state index contributed by atoms with van der Waals surface area (Å²) < 4.78 is 5.22. The molecule has 0 saturated heterocycles. The van der Waals surface area contributed by atoms with Gasteiger partial charge in [0.2, 0.25) is 0 Å². The van der Waals surface area contributed by atoms with Crippen LogP contribution in [0.1, 0.15) is 19.3 Å². The first-order valence-corrected chi connectivity index (χ1v) is 6.50. The summed E-state index contributed by atoms with van der Waals surface area (Å²) in [4.78, 5) is 11.6. The van der Waals surface area contributed by atoms with Crippen LogP contribution in [0.2, 0.25) is 0 Å². The van der Waals surface area contributed by atoms with Gasteiger partial charge in [-0.05, 0) is 37.3 Å². The van der Waals surface area contributed by atoms with Crippen LogP contribution in [0, 0.1) is 5.92 Å². The van der Waals surface area contributed by atoms with Crippen LogP contribution in [0.4, 0.5) is 0 Å². The highest BCUT2D eigenvalue weighted by Crippen LogP contribution is 2.25. The highest BCUT2D eigenvalue weighted by Gasteiger charge is 2.22. The number of rotatable bonds is 5. The third-order valence-corrected chi connectivity index (χ3v) is 3.33. The molecule has 0 radical (unpaired) electrons.